The summed E-state index contributed by atoms with van der Waals surface area (Å²) in [7, 11) is 0. The van der Waals surface area contributed by atoms with Crippen LogP contribution in [-0.2, 0) is 22.6 Å². The van der Waals surface area contributed by atoms with Gasteiger partial charge in [-0.25, -0.2) is 4.90 Å². The van der Waals surface area contributed by atoms with Gasteiger partial charge in [0, 0.05) is 29.7 Å². The van der Waals surface area contributed by atoms with Crippen molar-refractivity contribution in [3.63, 3.8) is 0 Å². The van der Waals surface area contributed by atoms with Crippen LogP contribution < -0.4 is 4.90 Å². The molecule has 1 fully saturated rings. The van der Waals surface area contributed by atoms with E-state index in [1.165, 1.54) is 21.4 Å². The van der Waals surface area contributed by atoms with Gasteiger partial charge in [0.1, 0.15) is 0 Å². The summed E-state index contributed by atoms with van der Waals surface area (Å²) in [4.78, 5) is 32.9. The minimum atomic E-state index is -0.383. The Morgan fingerprint density at radius 1 is 1.03 bits per heavy atom. The Kier molecular flexibility index (Phi) is 4.28. The van der Waals surface area contributed by atoms with E-state index in [9.17, 15) is 9.59 Å². The number of nitrogens with zero attached hydrogens (tertiary/aromatic N) is 2. The molecular weight excluding hydrogens is 362 g/mol. The van der Waals surface area contributed by atoms with Gasteiger partial charge in [-0.1, -0.05) is 44.2 Å². The normalized spacial score (nSPS) is 20.1. The van der Waals surface area contributed by atoms with Gasteiger partial charge >= 0.3 is 0 Å². The standard InChI is InChI=1S/C24H25N3O2/c1-15(2)16-7-9-17(10-8-16)27-23(28)13-22(24(27)29)26-12-11-19-18-5-3-4-6-20(18)25-21(19)14-26/h3-10,15,22,25H,11-14H2,1-2H3/t22-/m0/s1. The predicted molar refractivity (Wildman–Crippen MR) is 114 cm³/mol. The van der Waals surface area contributed by atoms with E-state index in [1.54, 1.807) is 0 Å². The van der Waals surface area contributed by atoms with Crippen molar-refractivity contribution in [3.8, 4) is 0 Å². The number of nitrogens with one attached hydrogen (secondary N) is 1. The summed E-state index contributed by atoms with van der Waals surface area (Å²) in [5.41, 5.74) is 5.52. The van der Waals surface area contributed by atoms with Crippen LogP contribution in [0.5, 0.6) is 0 Å². The molecule has 2 aliphatic heterocycles. The molecule has 1 saturated heterocycles. The fourth-order valence-electron chi connectivity index (χ4n) is 4.66. The molecule has 0 unspecified atom stereocenters. The lowest BCUT2D eigenvalue weighted by Gasteiger charge is -2.30. The van der Waals surface area contributed by atoms with Gasteiger partial charge in [-0.3, -0.25) is 14.5 Å². The Labute approximate surface area is 170 Å². The van der Waals surface area contributed by atoms with E-state index < -0.39 is 0 Å². The molecule has 2 aliphatic rings. The van der Waals surface area contributed by atoms with E-state index in [1.807, 2.05) is 30.3 Å². The Bertz CT molecular complexity index is 1100. The molecule has 0 radical (unpaired) electrons. The van der Waals surface area contributed by atoms with Crippen LogP contribution in [0, 0.1) is 0 Å². The van der Waals surface area contributed by atoms with E-state index >= 15 is 0 Å². The van der Waals surface area contributed by atoms with Crippen LogP contribution in [0.15, 0.2) is 48.5 Å². The van der Waals surface area contributed by atoms with Crippen molar-refractivity contribution in [2.24, 2.45) is 0 Å². The van der Waals surface area contributed by atoms with Crippen molar-refractivity contribution < 1.29 is 9.59 Å². The number of H-pyrrole nitrogens is 1. The molecule has 0 saturated carbocycles. The van der Waals surface area contributed by atoms with Crippen molar-refractivity contribution >= 4 is 28.4 Å². The van der Waals surface area contributed by atoms with Crippen molar-refractivity contribution in [2.75, 3.05) is 11.4 Å². The highest BCUT2D eigenvalue weighted by Gasteiger charge is 2.43. The highest BCUT2D eigenvalue weighted by atomic mass is 16.2. The van der Waals surface area contributed by atoms with Crippen LogP contribution in [0.1, 0.15) is 43.0 Å². The van der Waals surface area contributed by atoms with E-state index in [-0.39, 0.29) is 24.3 Å². The first kappa shape index (κ1) is 18.1. The predicted octanol–water partition coefficient (Wildman–Crippen LogP) is 3.98. The second-order valence-electron chi connectivity index (χ2n) is 8.38. The van der Waals surface area contributed by atoms with E-state index in [2.05, 4.69) is 41.9 Å². The molecule has 2 amide bonds. The molecule has 5 heteroatoms. The summed E-state index contributed by atoms with van der Waals surface area (Å²) in [6.45, 7) is 5.73. The molecule has 3 aromatic rings. The number of carbonyl (C=O) groups is 2. The summed E-state index contributed by atoms with van der Waals surface area (Å²) < 4.78 is 0. The lowest BCUT2D eigenvalue weighted by molar-refractivity contribution is -0.123. The first-order valence-corrected chi connectivity index (χ1v) is 10.3. The summed E-state index contributed by atoms with van der Waals surface area (Å²) in [6.07, 6.45) is 1.14. The molecule has 0 aliphatic carbocycles. The summed E-state index contributed by atoms with van der Waals surface area (Å²) >= 11 is 0. The number of rotatable bonds is 3. The quantitative estimate of drug-likeness (QED) is 0.692. The number of para-hydroxylation sites is 1. The zero-order valence-electron chi connectivity index (χ0n) is 16.8. The molecule has 5 rings (SSSR count). The topological polar surface area (TPSA) is 56.4 Å². The molecule has 5 nitrogen and oxygen atoms in total. The third kappa shape index (κ3) is 2.97. The van der Waals surface area contributed by atoms with Gasteiger partial charge < -0.3 is 4.98 Å². The van der Waals surface area contributed by atoms with Crippen LogP contribution in [-0.4, -0.2) is 34.3 Å². The Morgan fingerprint density at radius 2 is 1.79 bits per heavy atom. The number of fused-ring (bicyclic) bond motifs is 3. The third-order valence-corrected chi connectivity index (χ3v) is 6.29. The number of hydrogen-bond acceptors (Lipinski definition) is 3. The summed E-state index contributed by atoms with van der Waals surface area (Å²) in [5.74, 6) is 0.201. The van der Waals surface area contributed by atoms with Crippen LogP contribution in [0.2, 0.25) is 0 Å². The largest absolute Gasteiger partial charge is 0.357 e. The van der Waals surface area contributed by atoms with Crippen LogP contribution in [0.3, 0.4) is 0 Å². The number of amides is 2. The van der Waals surface area contributed by atoms with E-state index in [4.69, 9.17) is 0 Å². The SMILES string of the molecule is CC(C)c1ccc(N2C(=O)C[C@H](N3CCc4c([nH]c5ccccc45)C3)C2=O)cc1. The minimum absolute atomic E-state index is 0.105. The van der Waals surface area contributed by atoms with Crippen LogP contribution in [0.25, 0.3) is 10.9 Å². The molecule has 3 heterocycles. The molecule has 29 heavy (non-hydrogen) atoms. The zero-order chi connectivity index (χ0) is 20.1. The lowest BCUT2D eigenvalue weighted by atomic mass is 10.0. The van der Waals surface area contributed by atoms with E-state index in [0.717, 1.165) is 24.2 Å². The van der Waals surface area contributed by atoms with Gasteiger partial charge in [0.25, 0.3) is 5.91 Å². The number of aromatic nitrogens is 1. The van der Waals surface area contributed by atoms with Crippen LogP contribution in [0.4, 0.5) is 5.69 Å². The van der Waals surface area contributed by atoms with Crippen molar-refractivity contribution in [1.29, 1.82) is 0 Å². The van der Waals surface area contributed by atoms with Gasteiger partial charge in [-0.05, 0) is 41.7 Å². The smallest absolute Gasteiger partial charge is 0.251 e. The molecule has 2 aromatic carbocycles. The molecule has 0 bridgehead atoms. The van der Waals surface area contributed by atoms with Gasteiger partial charge in [0.2, 0.25) is 5.91 Å². The summed E-state index contributed by atoms with van der Waals surface area (Å²) in [6, 6.07) is 15.7. The lowest BCUT2D eigenvalue weighted by Crippen LogP contribution is -2.44. The van der Waals surface area contributed by atoms with Gasteiger partial charge in [-0.15, -0.1) is 0 Å². The number of benzene rings is 2. The van der Waals surface area contributed by atoms with Gasteiger partial charge in [0.15, 0.2) is 0 Å². The number of anilines is 1. The average molecular weight is 387 g/mol. The van der Waals surface area contributed by atoms with Crippen molar-refractivity contribution in [2.45, 2.75) is 45.2 Å². The second-order valence-corrected chi connectivity index (χ2v) is 8.38. The van der Waals surface area contributed by atoms with Crippen molar-refractivity contribution in [1.82, 2.24) is 9.88 Å². The highest BCUT2D eigenvalue weighted by molar-refractivity contribution is 6.22. The molecule has 1 aromatic heterocycles. The molecule has 0 spiro atoms. The third-order valence-electron chi connectivity index (χ3n) is 6.29. The Hall–Kier alpha value is -2.92. The van der Waals surface area contributed by atoms with Gasteiger partial charge in [-0.2, -0.15) is 0 Å². The van der Waals surface area contributed by atoms with Crippen LogP contribution >= 0.6 is 0 Å². The number of carbonyl (C=O) groups excluding carboxylic acids is 2. The first-order chi connectivity index (χ1) is 14.0. The van der Waals surface area contributed by atoms with E-state index in [0.29, 0.717) is 18.2 Å². The fourth-order valence-corrected chi connectivity index (χ4v) is 4.66. The maximum Gasteiger partial charge on any atom is 0.251 e. The maximum atomic E-state index is 13.2. The Balaban J connectivity index is 1.38. The average Bonchev–Trinajstić information content (AvgIpc) is 3.24. The number of aromatic amines is 1. The van der Waals surface area contributed by atoms with Gasteiger partial charge in [0.05, 0.1) is 18.2 Å². The fraction of sp³-hybridized carbons (Fsp3) is 0.333. The molecular formula is C24H25N3O2. The maximum absolute atomic E-state index is 13.2. The highest BCUT2D eigenvalue weighted by Crippen LogP contribution is 2.32. The monoisotopic (exact) mass is 387 g/mol. The minimum Gasteiger partial charge on any atom is -0.357 e. The summed E-state index contributed by atoms with van der Waals surface area (Å²) in [5, 5.41) is 1.27. The molecule has 1 atom stereocenters. The second kappa shape index (κ2) is 6.85. The zero-order valence-corrected chi connectivity index (χ0v) is 16.8. The number of hydrogen-bond donors (Lipinski definition) is 1. The molecule has 148 valence electrons. The first-order valence-electron chi connectivity index (χ1n) is 10.3. The Morgan fingerprint density at radius 3 is 2.55 bits per heavy atom. The number of imide groups is 1. The molecule has 1 N–H and O–H groups in total. The van der Waals surface area contributed by atoms with Crippen molar-refractivity contribution in [3.05, 3.63) is 65.4 Å².